The highest BCUT2D eigenvalue weighted by atomic mass is 79.9. The van der Waals surface area contributed by atoms with E-state index < -0.39 is 11.7 Å². The zero-order valence-electron chi connectivity index (χ0n) is 12.7. The normalized spacial score (nSPS) is 10.8. The number of imidazole rings is 1. The van der Waals surface area contributed by atoms with Crippen molar-refractivity contribution < 1.29 is 19.1 Å². The number of halogens is 2. The van der Waals surface area contributed by atoms with Crippen LogP contribution in [0.5, 0.6) is 0 Å². The Morgan fingerprint density at radius 3 is 3.00 bits per heavy atom. The van der Waals surface area contributed by atoms with E-state index in [-0.39, 0.29) is 24.6 Å². The number of amides is 1. The van der Waals surface area contributed by atoms with Gasteiger partial charge in [-0.2, -0.15) is 0 Å². The number of aliphatic hydroxyl groups excluding tert-OH is 1. The molecular weight excluding hydrogens is 397 g/mol. The van der Waals surface area contributed by atoms with Crippen LogP contribution >= 0.6 is 15.9 Å². The van der Waals surface area contributed by atoms with Crippen molar-refractivity contribution in [1.82, 2.24) is 19.8 Å². The fourth-order valence-electron chi connectivity index (χ4n) is 2.04. The molecule has 2 heterocycles. The maximum atomic E-state index is 13.9. The number of benzene rings is 1. The van der Waals surface area contributed by atoms with Gasteiger partial charge in [0.25, 0.3) is 5.91 Å². The first-order chi connectivity index (χ1) is 12.1. The molecule has 0 aliphatic rings. The lowest BCUT2D eigenvalue weighted by atomic mass is 10.3. The first-order valence-electron chi connectivity index (χ1n) is 7.16. The number of hydroxylamine groups is 1. The Bertz CT molecular complexity index is 917. The van der Waals surface area contributed by atoms with E-state index in [0.29, 0.717) is 15.8 Å². The van der Waals surface area contributed by atoms with Gasteiger partial charge >= 0.3 is 0 Å². The Kier molecular flexibility index (Phi) is 5.22. The standard InChI is InChI=1S/C15H13BrFN5O3/c16-9-1-2-11(10(17)5-9)20-14-13-6-18-12(7-22(13)8-19-14)15(24)21-25-4-3-23/h1-2,5-8,20,23H,3-4H2,(H,21,24). The molecule has 0 fully saturated rings. The molecule has 2 aromatic heterocycles. The number of hydrogen-bond acceptors (Lipinski definition) is 6. The largest absolute Gasteiger partial charge is 0.394 e. The molecular formula is C15H13BrFN5O3. The summed E-state index contributed by atoms with van der Waals surface area (Å²) < 4.78 is 16.1. The number of nitrogens with one attached hydrogen (secondary N) is 2. The van der Waals surface area contributed by atoms with Gasteiger partial charge in [0.05, 0.1) is 25.1 Å². The van der Waals surface area contributed by atoms with Crippen LogP contribution in [0.25, 0.3) is 5.52 Å². The maximum absolute atomic E-state index is 13.9. The molecule has 3 rings (SSSR count). The number of hydrogen-bond donors (Lipinski definition) is 3. The zero-order valence-corrected chi connectivity index (χ0v) is 14.3. The molecule has 0 atom stereocenters. The molecule has 0 spiro atoms. The first kappa shape index (κ1) is 17.3. The lowest BCUT2D eigenvalue weighted by Crippen LogP contribution is -2.26. The van der Waals surface area contributed by atoms with Crippen LogP contribution in [0, 0.1) is 5.82 Å². The summed E-state index contributed by atoms with van der Waals surface area (Å²) in [5.41, 5.74) is 3.09. The smallest absolute Gasteiger partial charge is 0.294 e. The second kappa shape index (κ2) is 7.55. The molecule has 0 aliphatic carbocycles. The van der Waals surface area contributed by atoms with Gasteiger partial charge in [-0.15, -0.1) is 0 Å². The lowest BCUT2D eigenvalue weighted by Gasteiger charge is -2.07. The van der Waals surface area contributed by atoms with Gasteiger partial charge in [-0.25, -0.2) is 19.8 Å². The number of anilines is 2. The van der Waals surface area contributed by atoms with E-state index in [1.807, 2.05) is 0 Å². The summed E-state index contributed by atoms with van der Waals surface area (Å²) in [4.78, 5) is 24.8. The molecule has 3 N–H and O–H groups in total. The molecule has 0 aliphatic heterocycles. The predicted octanol–water partition coefficient (Wildman–Crippen LogP) is 2.03. The average molecular weight is 410 g/mol. The third kappa shape index (κ3) is 3.92. The van der Waals surface area contributed by atoms with Crippen LogP contribution in [0.15, 0.2) is 41.4 Å². The summed E-state index contributed by atoms with van der Waals surface area (Å²) in [5, 5.41) is 11.5. The van der Waals surface area contributed by atoms with Crippen LogP contribution in [0.4, 0.5) is 15.9 Å². The summed E-state index contributed by atoms with van der Waals surface area (Å²) in [6.45, 7) is -0.234. The van der Waals surface area contributed by atoms with E-state index in [1.165, 1.54) is 24.8 Å². The molecule has 0 radical (unpaired) electrons. The number of nitrogens with zero attached hydrogens (tertiary/aromatic N) is 3. The molecule has 10 heteroatoms. The van der Waals surface area contributed by atoms with E-state index in [4.69, 9.17) is 9.94 Å². The van der Waals surface area contributed by atoms with E-state index >= 15 is 0 Å². The van der Waals surface area contributed by atoms with Crippen molar-refractivity contribution in [3.8, 4) is 0 Å². The van der Waals surface area contributed by atoms with Crippen molar-refractivity contribution >= 4 is 38.9 Å². The first-order valence-corrected chi connectivity index (χ1v) is 7.95. The van der Waals surface area contributed by atoms with Crippen LogP contribution in [-0.4, -0.2) is 38.6 Å². The third-order valence-electron chi connectivity index (χ3n) is 3.19. The Hall–Kier alpha value is -2.56. The zero-order chi connectivity index (χ0) is 17.8. The van der Waals surface area contributed by atoms with Gasteiger partial charge in [0.2, 0.25) is 0 Å². The lowest BCUT2D eigenvalue weighted by molar-refractivity contribution is 0.0164. The fourth-order valence-corrected chi connectivity index (χ4v) is 2.38. The number of fused-ring (bicyclic) bond motifs is 1. The van der Waals surface area contributed by atoms with Crippen molar-refractivity contribution in [3.05, 3.63) is 52.9 Å². The minimum Gasteiger partial charge on any atom is -0.394 e. The number of carbonyl (C=O) groups excluding carboxylic acids is 1. The molecule has 1 aromatic carbocycles. The molecule has 3 aromatic rings. The molecule has 1 amide bonds. The second-order valence-corrected chi connectivity index (χ2v) is 5.83. The van der Waals surface area contributed by atoms with Crippen molar-refractivity contribution in [2.45, 2.75) is 0 Å². The van der Waals surface area contributed by atoms with Crippen molar-refractivity contribution in [2.75, 3.05) is 18.5 Å². The number of aromatic nitrogens is 3. The summed E-state index contributed by atoms with van der Waals surface area (Å²) in [6.07, 6.45) is 4.37. The Balaban J connectivity index is 1.81. The molecule has 0 saturated heterocycles. The Morgan fingerprint density at radius 2 is 2.24 bits per heavy atom. The fraction of sp³-hybridized carbons (Fsp3) is 0.133. The van der Waals surface area contributed by atoms with E-state index in [2.05, 4.69) is 36.7 Å². The molecule has 130 valence electrons. The molecule has 8 nitrogen and oxygen atoms in total. The summed E-state index contributed by atoms with van der Waals surface area (Å²) in [6, 6.07) is 4.63. The summed E-state index contributed by atoms with van der Waals surface area (Å²) in [5.74, 6) is -0.588. The monoisotopic (exact) mass is 409 g/mol. The van der Waals surface area contributed by atoms with Crippen molar-refractivity contribution in [3.63, 3.8) is 0 Å². The van der Waals surface area contributed by atoms with E-state index in [1.54, 1.807) is 16.5 Å². The highest BCUT2D eigenvalue weighted by molar-refractivity contribution is 9.10. The van der Waals surface area contributed by atoms with Crippen molar-refractivity contribution in [2.24, 2.45) is 0 Å². The molecule has 0 saturated carbocycles. The van der Waals surface area contributed by atoms with Crippen LogP contribution in [0.2, 0.25) is 0 Å². The highest BCUT2D eigenvalue weighted by Gasteiger charge is 2.12. The second-order valence-electron chi connectivity index (χ2n) is 4.91. The average Bonchev–Trinajstić information content (AvgIpc) is 2.99. The van der Waals surface area contributed by atoms with Gasteiger partial charge in [-0.05, 0) is 18.2 Å². The van der Waals surface area contributed by atoms with Crippen molar-refractivity contribution in [1.29, 1.82) is 0 Å². The van der Waals surface area contributed by atoms with Crippen LogP contribution in [0.3, 0.4) is 0 Å². The Morgan fingerprint density at radius 1 is 1.40 bits per heavy atom. The topological polar surface area (TPSA) is 101 Å². The quantitative estimate of drug-likeness (QED) is 0.425. The third-order valence-corrected chi connectivity index (χ3v) is 3.69. The molecule has 0 unspecified atom stereocenters. The highest BCUT2D eigenvalue weighted by Crippen LogP contribution is 2.24. The minimum atomic E-state index is -0.558. The Labute approximate surface area is 149 Å². The van der Waals surface area contributed by atoms with E-state index in [9.17, 15) is 9.18 Å². The van der Waals surface area contributed by atoms with E-state index in [0.717, 1.165) is 0 Å². The maximum Gasteiger partial charge on any atom is 0.294 e. The van der Waals surface area contributed by atoms with Crippen LogP contribution in [0.1, 0.15) is 10.5 Å². The number of aliphatic hydroxyl groups is 1. The van der Waals surface area contributed by atoms with Crippen LogP contribution < -0.4 is 10.8 Å². The van der Waals surface area contributed by atoms with Gasteiger partial charge in [0.1, 0.15) is 23.4 Å². The SMILES string of the molecule is O=C(NOCCO)c1cn2cnc(Nc3ccc(Br)cc3F)c2cn1. The van der Waals surface area contributed by atoms with Gasteiger partial charge in [-0.3, -0.25) is 9.63 Å². The van der Waals surface area contributed by atoms with Gasteiger partial charge in [0, 0.05) is 10.7 Å². The number of rotatable bonds is 6. The van der Waals surface area contributed by atoms with Gasteiger partial charge in [-0.1, -0.05) is 15.9 Å². The van der Waals surface area contributed by atoms with Gasteiger partial charge in [0.15, 0.2) is 5.82 Å². The molecule has 25 heavy (non-hydrogen) atoms. The molecule has 0 bridgehead atoms. The van der Waals surface area contributed by atoms with Crippen LogP contribution in [-0.2, 0) is 4.84 Å². The minimum absolute atomic E-state index is 0.0219. The predicted molar refractivity (Wildman–Crippen MR) is 90.9 cm³/mol. The summed E-state index contributed by atoms with van der Waals surface area (Å²) in [7, 11) is 0. The van der Waals surface area contributed by atoms with Gasteiger partial charge < -0.3 is 14.8 Å². The summed E-state index contributed by atoms with van der Waals surface area (Å²) >= 11 is 3.20. The number of carbonyl (C=O) groups is 1.